The molecule has 2 aliphatic rings. The quantitative estimate of drug-likeness (QED) is 0.132. The van der Waals surface area contributed by atoms with Crippen molar-refractivity contribution in [2.45, 2.75) is 64.2 Å². The van der Waals surface area contributed by atoms with Gasteiger partial charge in [-0.2, -0.15) is 0 Å². The van der Waals surface area contributed by atoms with Gasteiger partial charge >= 0.3 is 11.9 Å². The van der Waals surface area contributed by atoms with E-state index in [2.05, 4.69) is 13.2 Å². The normalized spacial score (nSPS) is 13.8. The van der Waals surface area contributed by atoms with Gasteiger partial charge in [0, 0.05) is 35.1 Å². The van der Waals surface area contributed by atoms with Crippen LogP contribution in [0.25, 0.3) is 11.5 Å². The topological polar surface area (TPSA) is 86.7 Å². The largest absolute Gasteiger partial charge is 0.425 e. The van der Waals surface area contributed by atoms with Gasteiger partial charge in [-0.3, -0.25) is 19.2 Å². The first-order valence-electron chi connectivity index (χ1n) is 13.9. The number of rotatable bonds is 15. The van der Waals surface area contributed by atoms with Crippen molar-refractivity contribution in [2.24, 2.45) is 0 Å². The average molecular weight is 539 g/mol. The first kappa shape index (κ1) is 28.7. The van der Waals surface area contributed by atoms with Crippen molar-refractivity contribution in [3.8, 4) is 0 Å². The lowest BCUT2D eigenvalue weighted by Crippen LogP contribution is -2.12. The van der Waals surface area contributed by atoms with E-state index >= 15 is 0 Å². The van der Waals surface area contributed by atoms with Gasteiger partial charge in [0.2, 0.25) is 0 Å². The third-order valence-corrected chi connectivity index (χ3v) is 7.00. The molecule has 2 aromatic carbocycles. The summed E-state index contributed by atoms with van der Waals surface area (Å²) >= 11 is 0. The van der Waals surface area contributed by atoms with Crippen LogP contribution in [0.3, 0.4) is 0 Å². The summed E-state index contributed by atoms with van der Waals surface area (Å²) in [7, 11) is 0. The Hall–Kier alpha value is -4.32. The Labute approximate surface area is 235 Å². The highest BCUT2D eigenvalue weighted by Gasteiger charge is 2.43. The highest BCUT2D eigenvalue weighted by atomic mass is 16.5. The molecule has 4 rings (SSSR count). The second kappa shape index (κ2) is 13.7. The molecule has 0 bridgehead atoms. The van der Waals surface area contributed by atoms with Gasteiger partial charge in [0.05, 0.1) is 11.1 Å². The van der Waals surface area contributed by atoms with E-state index in [-0.39, 0.29) is 35.5 Å². The highest BCUT2D eigenvalue weighted by molar-refractivity contribution is 6.34. The molecule has 40 heavy (non-hydrogen) atoms. The summed E-state index contributed by atoms with van der Waals surface area (Å²) in [5, 5.41) is 0. The van der Waals surface area contributed by atoms with E-state index in [0.29, 0.717) is 35.1 Å². The average Bonchev–Trinajstić information content (AvgIpc) is 3.38. The van der Waals surface area contributed by atoms with E-state index in [1.165, 1.54) is 0 Å². The van der Waals surface area contributed by atoms with Gasteiger partial charge in [-0.25, -0.2) is 0 Å². The van der Waals surface area contributed by atoms with Crippen LogP contribution in [-0.4, -0.2) is 23.5 Å². The van der Waals surface area contributed by atoms with Crippen LogP contribution in [0, 0.1) is 0 Å². The van der Waals surface area contributed by atoms with Gasteiger partial charge < -0.3 is 9.47 Å². The molecule has 0 amide bonds. The number of allylic oxidation sites excluding steroid dienone is 4. The van der Waals surface area contributed by atoms with Crippen LogP contribution in [0.4, 0.5) is 0 Å². The minimum absolute atomic E-state index is 0.0332. The second-order valence-corrected chi connectivity index (χ2v) is 9.88. The Morgan fingerprint density at radius 2 is 0.950 bits per heavy atom. The zero-order chi connectivity index (χ0) is 28.5. The molecule has 0 saturated carbocycles. The second-order valence-electron chi connectivity index (χ2n) is 9.88. The molecule has 0 radical (unpaired) electrons. The summed E-state index contributed by atoms with van der Waals surface area (Å²) < 4.78 is 11.6. The minimum atomic E-state index is -0.489. The summed E-state index contributed by atoms with van der Waals surface area (Å²) in [5.41, 5.74) is 1.44. The minimum Gasteiger partial charge on any atom is -0.425 e. The smallest absolute Gasteiger partial charge is 0.311 e. The Kier molecular flexibility index (Phi) is 9.79. The predicted molar refractivity (Wildman–Crippen MR) is 154 cm³/mol. The molecule has 0 aromatic heterocycles. The summed E-state index contributed by atoms with van der Waals surface area (Å²) in [5.74, 6) is -1.80. The first-order valence-corrected chi connectivity index (χ1v) is 13.9. The van der Waals surface area contributed by atoms with Crippen molar-refractivity contribution in [3.63, 3.8) is 0 Å². The molecule has 0 unspecified atom stereocenters. The van der Waals surface area contributed by atoms with Crippen LogP contribution in [0.1, 0.15) is 96.1 Å². The monoisotopic (exact) mass is 538 g/mol. The standard InChI is InChI=1S/C34H34O6/c1-3-5-7-9-11-21-27(35)39-33-25-19-15-13-17-23(25)31(37)29(33)30-32(38)24-18-14-16-20-26(24)34(30)40-28(36)22-12-10-8-6-4-2/h3-4,13-20H,1-2,5-12,21-22H2. The fraction of sp³-hybridized carbons (Fsp3) is 0.294. The number of ketones is 2. The Morgan fingerprint density at radius 3 is 1.32 bits per heavy atom. The predicted octanol–water partition coefficient (Wildman–Crippen LogP) is 7.56. The molecular weight excluding hydrogens is 504 g/mol. The summed E-state index contributed by atoms with van der Waals surface area (Å²) in [6.45, 7) is 7.42. The Bertz CT molecular complexity index is 1300. The molecule has 0 atom stereocenters. The number of benzene rings is 2. The van der Waals surface area contributed by atoms with Crippen LogP contribution in [0.2, 0.25) is 0 Å². The maximum Gasteiger partial charge on any atom is 0.311 e. The van der Waals surface area contributed by atoms with E-state index in [4.69, 9.17) is 9.47 Å². The van der Waals surface area contributed by atoms with Crippen LogP contribution >= 0.6 is 0 Å². The third-order valence-electron chi connectivity index (χ3n) is 7.00. The fourth-order valence-corrected chi connectivity index (χ4v) is 4.97. The maximum atomic E-state index is 13.7. The summed E-state index contributed by atoms with van der Waals surface area (Å²) in [4.78, 5) is 53.2. The number of carbonyl (C=O) groups is 4. The van der Waals surface area contributed by atoms with Crippen molar-refractivity contribution in [1.29, 1.82) is 0 Å². The number of ether oxygens (including phenoxy) is 2. The van der Waals surface area contributed by atoms with Crippen LogP contribution in [0.15, 0.2) is 85.0 Å². The highest BCUT2D eigenvalue weighted by Crippen LogP contribution is 2.45. The Balaban J connectivity index is 1.69. The lowest BCUT2D eigenvalue weighted by Gasteiger charge is -2.12. The number of hydrogen-bond acceptors (Lipinski definition) is 6. The van der Waals surface area contributed by atoms with Gasteiger partial charge in [-0.15, -0.1) is 13.2 Å². The summed E-state index contributed by atoms with van der Waals surface area (Å²) in [6, 6.07) is 13.6. The molecule has 0 aliphatic heterocycles. The maximum absolute atomic E-state index is 13.7. The molecule has 0 N–H and O–H groups in total. The molecule has 0 saturated heterocycles. The number of Topliss-reactive ketones (excluding diaryl/α,β-unsaturated/α-hetero) is 2. The SMILES string of the molecule is C=CCCCCCC(=O)OC1=C(C2=C(OC(=O)CCCCCC=C)c3ccccc3C2=O)C(=O)c2ccccc21. The molecular formula is C34H34O6. The molecule has 0 fully saturated rings. The number of fused-ring (bicyclic) bond motifs is 2. The molecule has 2 aliphatic carbocycles. The van der Waals surface area contributed by atoms with E-state index in [0.717, 1.165) is 38.5 Å². The molecule has 6 nitrogen and oxygen atoms in total. The first-order chi connectivity index (χ1) is 19.5. The lowest BCUT2D eigenvalue weighted by molar-refractivity contribution is -0.137. The zero-order valence-electron chi connectivity index (χ0n) is 22.7. The van der Waals surface area contributed by atoms with Crippen LogP contribution in [-0.2, 0) is 19.1 Å². The number of carbonyl (C=O) groups excluding carboxylic acids is 4. The van der Waals surface area contributed by atoms with E-state index in [9.17, 15) is 19.2 Å². The zero-order valence-corrected chi connectivity index (χ0v) is 22.7. The summed E-state index contributed by atoms with van der Waals surface area (Å²) in [6.07, 6.45) is 10.6. The lowest BCUT2D eigenvalue weighted by atomic mass is 9.98. The van der Waals surface area contributed by atoms with Crippen molar-refractivity contribution >= 4 is 35.0 Å². The molecule has 6 heteroatoms. The molecule has 206 valence electrons. The van der Waals surface area contributed by atoms with Crippen molar-refractivity contribution in [1.82, 2.24) is 0 Å². The number of hydrogen-bond donors (Lipinski definition) is 0. The third kappa shape index (κ3) is 6.28. The molecule has 0 spiro atoms. The van der Waals surface area contributed by atoms with Gasteiger partial charge in [0.25, 0.3) is 0 Å². The fourth-order valence-electron chi connectivity index (χ4n) is 4.97. The Morgan fingerprint density at radius 1 is 0.575 bits per heavy atom. The van der Waals surface area contributed by atoms with E-state index in [1.807, 2.05) is 12.2 Å². The van der Waals surface area contributed by atoms with Gasteiger partial charge in [-0.05, 0) is 38.5 Å². The molecule has 0 heterocycles. The van der Waals surface area contributed by atoms with Gasteiger partial charge in [0.15, 0.2) is 23.1 Å². The number of esters is 2. The van der Waals surface area contributed by atoms with Crippen LogP contribution < -0.4 is 0 Å². The van der Waals surface area contributed by atoms with Gasteiger partial charge in [0.1, 0.15) is 0 Å². The number of unbranched alkanes of at least 4 members (excludes halogenated alkanes) is 6. The van der Waals surface area contributed by atoms with Crippen molar-refractivity contribution in [2.75, 3.05) is 0 Å². The van der Waals surface area contributed by atoms with Crippen LogP contribution in [0.5, 0.6) is 0 Å². The van der Waals surface area contributed by atoms with E-state index < -0.39 is 23.5 Å². The van der Waals surface area contributed by atoms with Gasteiger partial charge in [-0.1, -0.05) is 73.5 Å². The van der Waals surface area contributed by atoms with Crippen molar-refractivity contribution < 1.29 is 28.7 Å². The van der Waals surface area contributed by atoms with Crippen molar-refractivity contribution in [3.05, 3.63) is 107 Å². The van der Waals surface area contributed by atoms with E-state index in [1.54, 1.807) is 48.5 Å². The molecule has 2 aromatic rings.